The van der Waals surface area contributed by atoms with Gasteiger partial charge < -0.3 is 10.6 Å². The average molecular weight is 654 g/mol. The maximum Gasteiger partial charge on any atom is 0.408 e. The molecule has 1 aliphatic heterocycles. The first kappa shape index (κ1) is 30.9. The molecule has 1 saturated heterocycles. The van der Waals surface area contributed by atoms with Crippen molar-refractivity contribution in [3.05, 3.63) is 51.1 Å². The SMILES string of the molecule is Cc1nnc(C[C@]2(Cc3cnn4cc([C@@H](NC(=O)c5nonc5C)C5CCC(F)(F)CC5)nc4c3)C[C@@H](C(F)(F)F)NC2=O)s1. The van der Waals surface area contributed by atoms with Crippen LogP contribution in [0.5, 0.6) is 0 Å². The topological polar surface area (TPSA) is 153 Å². The number of nitrogens with zero attached hydrogens (tertiary/aromatic N) is 7. The summed E-state index contributed by atoms with van der Waals surface area (Å²) in [4.78, 5) is 30.9. The summed E-state index contributed by atoms with van der Waals surface area (Å²) in [6.45, 7) is 3.26. The van der Waals surface area contributed by atoms with Crippen LogP contribution in [0.3, 0.4) is 0 Å². The van der Waals surface area contributed by atoms with Gasteiger partial charge in [-0.05, 0) is 62.2 Å². The van der Waals surface area contributed by atoms with Gasteiger partial charge in [0.25, 0.3) is 5.91 Å². The molecule has 18 heteroatoms. The number of carbonyl (C=O) groups excluding carboxylic acids is 2. The van der Waals surface area contributed by atoms with Crippen LogP contribution in [0.1, 0.15) is 75.6 Å². The van der Waals surface area contributed by atoms with Crippen LogP contribution >= 0.6 is 11.3 Å². The molecule has 0 unspecified atom stereocenters. The number of carbonyl (C=O) groups is 2. The number of fused-ring (bicyclic) bond motifs is 1. The van der Waals surface area contributed by atoms with Crippen molar-refractivity contribution in [3.63, 3.8) is 0 Å². The molecule has 2 amide bonds. The fourth-order valence-electron chi connectivity index (χ4n) is 6.16. The first-order chi connectivity index (χ1) is 21.2. The molecule has 4 aromatic rings. The van der Waals surface area contributed by atoms with Crippen LogP contribution in [0.4, 0.5) is 22.0 Å². The predicted octanol–water partition coefficient (Wildman–Crippen LogP) is 4.10. The molecule has 0 spiro atoms. The Labute approximate surface area is 256 Å². The second-order valence-electron chi connectivity index (χ2n) is 11.8. The molecular formula is C27H28F5N9O3S. The highest BCUT2D eigenvalue weighted by atomic mass is 32.1. The third kappa shape index (κ3) is 6.37. The Kier molecular flexibility index (Phi) is 7.81. The highest BCUT2D eigenvalue weighted by molar-refractivity contribution is 7.11. The number of amides is 2. The molecule has 2 aliphatic rings. The number of imidazole rings is 1. The summed E-state index contributed by atoms with van der Waals surface area (Å²) in [5.41, 5.74) is -0.144. The number of aryl methyl sites for hydroxylation is 2. The van der Waals surface area contributed by atoms with Gasteiger partial charge in [0, 0.05) is 19.3 Å². The Morgan fingerprint density at radius 1 is 1.20 bits per heavy atom. The van der Waals surface area contributed by atoms with E-state index in [1.165, 1.54) is 22.0 Å². The van der Waals surface area contributed by atoms with Gasteiger partial charge >= 0.3 is 6.18 Å². The molecule has 2 fully saturated rings. The first-order valence-corrected chi connectivity index (χ1v) is 15.0. The third-order valence-corrected chi connectivity index (χ3v) is 9.32. The molecule has 240 valence electrons. The summed E-state index contributed by atoms with van der Waals surface area (Å²) >= 11 is 1.21. The number of halogens is 5. The van der Waals surface area contributed by atoms with Gasteiger partial charge in [-0.2, -0.15) is 18.3 Å². The van der Waals surface area contributed by atoms with Gasteiger partial charge in [0.05, 0.1) is 29.5 Å². The lowest BCUT2D eigenvalue weighted by Crippen LogP contribution is -2.39. The molecule has 2 N–H and O–H groups in total. The number of aromatic nitrogens is 7. The largest absolute Gasteiger partial charge is 0.408 e. The fraction of sp³-hybridized carbons (Fsp3) is 0.556. The van der Waals surface area contributed by atoms with E-state index in [4.69, 9.17) is 0 Å². The van der Waals surface area contributed by atoms with Crippen LogP contribution in [-0.2, 0) is 17.6 Å². The highest BCUT2D eigenvalue weighted by Gasteiger charge is 2.55. The Morgan fingerprint density at radius 3 is 2.58 bits per heavy atom. The van der Waals surface area contributed by atoms with Crippen molar-refractivity contribution < 1.29 is 36.2 Å². The average Bonchev–Trinajstić information content (AvgIpc) is 3.75. The number of nitrogens with one attached hydrogen (secondary N) is 2. The normalized spacial score (nSPS) is 22.9. The van der Waals surface area contributed by atoms with E-state index in [0.29, 0.717) is 26.9 Å². The van der Waals surface area contributed by atoms with E-state index in [1.807, 2.05) is 0 Å². The molecule has 1 saturated carbocycles. The summed E-state index contributed by atoms with van der Waals surface area (Å²) in [5.74, 6) is -4.52. The number of hydrogen-bond acceptors (Lipinski definition) is 10. The lowest BCUT2D eigenvalue weighted by atomic mass is 9.76. The van der Waals surface area contributed by atoms with Gasteiger partial charge in [0.1, 0.15) is 21.8 Å². The Morgan fingerprint density at radius 2 is 1.96 bits per heavy atom. The number of alkyl halides is 5. The second kappa shape index (κ2) is 11.4. The van der Waals surface area contributed by atoms with E-state index in [1.54, 1.807) is 26.1 Å². The minimum Gasteiger partial charge on any atom is -0.344 e. The van der Waals surface area contributed by atoms with E-state index in [0.717, 1.165) is 0 Å². The molecule has 6 rings (SSSR count). The molecule has 3 atom stereocenters. The summed E-state index contributed by atoms with van der Waals surface area (Å²) in [5, 5.41) is 25.6. The smallest absolute Gasteiger partial charge is 0.344 e. The van der Waals surface area contributed by atoms with Gasteiger partial charge in [-0.15, -0.1) is 21.5 Å². The van der Waals surface area contributed by atoms with E-state index < -0.39 is 47.8 Å². The molecule has 0 aromatic carbocycles. The Bertz CT molecular complexity index is 1730. The second-order valence-corrected chi connectivity index (χ2v) is 13.1. The minimum atomic E-state index is -4.63. The molecule has 5 heterocycles. The van der Waals surface area contributed by atoms with Crippen molar-refractivity contribution >= 4 is 28.8 Å². The maximum atomic E-state index is 14.0. The summed E-state index contributed by atoms with van der Waals surface area (Å²) < 4.78 is 75.1. The fourth-order valence-corrected chi connectivity index (χ4v) is 7.01. The monoisotopic (exact) mass is 653 g/mol. The number of hydrogen-bond donors (Lipinski definition) is 2. The summed E-state index contributed by atoms with van der Waals surface area (Å²) in [6.07, 6.45) is -2.67. The van der Waals surface area contributed by atoms with Gasteiger partial charge in [-0.1, -0.05) is 5.16 Å². The van der Waals surface area contributed by atoms with E-state index in [2.05, 4.69) is 45.9 Å². The lowest BCUT2D eigenvalue weighted by molar-refractivity contribution is -0.155. The highest BCUT2D eigenvalue weighted by Crippen LogP contribution is 2.43. The number of rotatable bonds is 8. The lowest BCUT2D eigenvalue weighted by Gasteiger charge is -2.33. The van der Waals surface area contributed by atoms with Crippen molar-refractivity contribution in [2.75, 3.05) is 0 Å². The van der Waals surface area contributed by atoms with Crippen LogP contribution in [0.25, 0.3) is 5.65 Å². The van der Waals surface area contributed by atoms with Gasteiger partial charge in [-0.3, -0.25) is 9.59 Å². The van der Waals surface area contributed by atoms with Gasteiger partial charge in [0.2, 0.25) is 11.8 Å². The molecule has 45 heavy (non-hydrogen) atoms. The Balaban J connectivity index is 1.31. The first-order valence-electron chi connectivity index (χ1n) is 14.2. The van der Waals surface area contributed by atoms with Crippen LogP contribution in [0.2, 0.25) is 0 Å². The van der Waals surface area contributed by atoms with Crippen molar-refractivity contribution in [1.82, 2.24) is 45.7 Å². The Hall–Kier alpha value is -4.09. The van der Waals surface area contributed by atoms with E-state index in [-0.39, 0.29) is 55.8 Å². The summed E-state index contributed by atoms with van der Waals surface area (Å²) in [7, 11) is 0. The maximum absolute atomic E-state index is 14.0. The molecule has 0 bridgehead atoms. The molecule has 12 nitrogen and oxygen atoms in total. The zero-order valence-electron chi connectivity index (χ0n) is 24.1. The van der Waals surface area contributed by atoms with Gasteiger partial charge in [-0.25, -0.2) is 22.9 Å². The van der Waals surface area contributed by atoms with E-state index in [9.17, 15) is 31.5 Å². The standard InChI is InChI=1S/C27H28F5N9O3S/c1-13-21(40-44-39-13)23(42)36-22(16-3-5-26(28,29)6-4-16)17-12-41-19(34-17)7-15(11-33-41)8-25(10-20-38-37-14(2)45-20)9-18(27(30,31)32)35-24(25)43/h7,11-12,16,18,22H,3-6,8-10H2,1-2H3,(H,35,43)(H,36,42)/t18-,22-,25-/m0/s1. The van der Waals surface area contributed by atoms with E-state index >= 15 is 0 Å². The predicted molar refractivity (Wildman–Crippen MR) is 146 cm³/mol. The van der Waals surface area contributed by atoms with Crippen LogP contribution in [-0.4, -0.2) is 65.1 Å². The summed E-state index contributed by atoms with van der Waals surface area (Å²) in [6, 6.07) is -1.18. The van der Waals surface area contributed by atoms with Crippen molar-refractivity contribution in [2.24, 2.45) is 11.3 Å². The van der Waals surface area contributed by atoms with Crippen molar-refractivity contribution in [2.45, 2.75) is 83.0 Å². The molecule has 4 aromatic heterocycles. The van der Waals surface area contributed by atoms with Crippen molar-refractivity contribution in [3.8, 4) is 0 Å². The zero-order valence-corrected chi connectivity index (χ0v) is 24.9. The van der Waals surface area contributed by atoms with Gasteiger partial charge in [0.15, 0.2) is 11.3 Å². The zero-order chi connectivity index (χ0) is 32.1. The minimum absolute atomic E-state index is 0.0431. The molecule has 0 radical (unpaired) electrons. The molecular weight excluding hydrogens is 625 g/mol. The van der Waals surface area contributed by atoms with Crippen LogP contribution in [0, 0.1) is 25.2 Å². The quantitative estimate of drug-likeness (QED) is 0.268. The van der Waals surface area contributed by atoms with Crippen LogP contribution in [0.15, 0.2) is 23.1 Å². The third-order valence-electron chi connectivity index (χ3n) is 8.48. The van der Waals surface area contributed by atoms with Crippen LogP contribution < -0.4 is 10.6 Å². The van der Waals surface area contributed by atoms with Crippen molar-refractivity contribution in [1.29, 1.82) is 0 Å². The molecule has 1 aliphatic carbocycles.